The minimum absolute atomic E-state index is 0.000769. The van der Waals surface area contributed by atoms with Gasteiger partial charge in [-0.1, -0.05) is 25.1 Å². The Bertz CT molecular complexity index is 1520. The van der Waals surface area contributed by atoms with E-state index in [0.29, 0.717) is 55.4 Å². The van der Waals surface area contributed by atoms with Crippen LogP contribution in [0.1, 0.15) is 18.9 Å². The van der Waals surface area contributed by atoms with Crippen molar-refractivity contribution in [3.8, 4) is 11.1 Å². The molecule has 1 N–H and O–H groups in total. The van der Waals surface area contributed by atoms with Crippen LogP contribution in [0.5, 0.6) is 0 Å². The fraction of sp³-hybridized carbons (Fsp3) is 0.393. The molecule has 2 aliphatic heterocycles. The summed E-state index contributed by atoms with van der Waals surface area (Å²) in [4.78, 5) is 34.7. The second-order valence-electron chi connectivity index (χ2n) is 9.85. The van der Waals surface area contributed by atoms with Crippen molar-refractivity contribution in [2.45, 2.75) is 37.8 Å². The largest absolute Gasteiger partial charge is 0.352 e. The monoisotopic (exact) mass is 573 g/mol. The van der Waals surface area contributed by atoms with E-state index < -0.39 is 11.6 Å². The van der Waals surface area contributed by atoms with E-state index in [2.05, 4.69) is 23.8 Å². The van der Waals surface area contributed by atoms with Crippen molar-refractivity contribution in [2.75, 3.05) is 43.4 Å². The summed E-state index contributed by atoms with van der Waals surface area (Å²) >= 11 is 7.64. The number of benzene rings is 2. The van der Waals surface area contributed by atoms with Crippen LogP contribution in [0.4, 0.5) is 14.6 Å². The van der Waals surface area contributed by atoms with E-state index >= 15 is 4.39 Å². The van der Waals surface area contributed by atoms with Crippen LogP contribution in [-0.2, 0) is 11.3 Å². The lowest BCUT2D eigenvalue weighted by Crippen LogP contribution is -2.49. The number of hydrogen-bond donors (Lipinski definition) is 1. The molecule has 1 unspecified atom stereocenters. The summed E-state index contributed by atoms with van der Waals surface area (Å²) in [5, 5.41) is 4.12. The molecule has 1 saturated heterocycles. The SMILES string of the molecule is C=CC(=O)N1CCN(c2nc(=O)n3c4c(c(-c5cc(Cl)c(F)cc5F)c(C)cc24)SCC(NCCC)C3)CC1. The molecule has 1 atom stereocenters. The first-order chi connectivity index (χ1) is 18.7. The van der Waals surface area contributed by atoms with Gasteiger partial charge in [0.2, 0.25) is 5.91 Å². The Balaban J connectivity index is 1.71. The lowest BCUT2D eigenvalue weighted by molar-refractivity contribution is -0.126. The van der Waals surface area contributed by atoms with Crippen LogP contribution in [0.25, 0.3) is 22.0 Å². The van der Waals surface area contributed by atoms with Gasteiger partial charge in [0.15, 0.2) is 0 Å². The van der Waals surface area contributed by atoms with Gasteiger partial charge in [0.05, 0.1) is 10.5 Å². The van der Waals surface area contributed by atoms with Crippen LogP contribution in [0.2, 0.25) is 5.02 Å². The quantitative estimate of drug-likeness (QED) is 0.343. The molecule has 3 aromatic rings. The second kappa shape index (κ2) is 11.3. The molecule has 0 spiro atoms. The predicted octanol–water partition coefficient (Wildman–Crippen LogP) is 4.61. The van der Waals surface area contributed by atoms with Gasteiger partial charge < -0.3 is 15.1 Å². The molecule has 0 radical (unpaired) electrons. The number of amides is 1. The van der Waals surface area contributed by atoms with Gasteiger partial charge in [0.25, 0.3) is 0 Å². The number of halogens is 3. The molecule has 1 amide bonds. The van der Waals surface area contributed by atoms with Gasteiger partial charge in [-0.3, -0.25) is 9.36 Å². The normalized spacial score (nSPS) is 17.4. The van der Waals surface area contributed by atoms with Crippen LogP contribution in [0.15, 0.2) is 40.5 Å². The van der Waals surface area contributed by atoms with Crippen molar-refractivity contribution in [3.63, 3.8) is 0 Å². The molecule has 5 rings (SSSR count). The van der Waals surface area contributed by atoms with Gasteiger partial charge >= 0.3 is 5.69 Å². The van der Waals surface area contributed by atoms with Gasteiger partial charge in [0.1, 0.15) is 17.5 Å². The molecular weight excluding hydrogens is 544 g/mol. The van der Waals surface area contributed by atoms with Gasteiger partial charge in [0, 0.05) is 72.0 Å². The summed E-state index contributed by atoms with van der Waals surface area (Å²) in [7, 11) is 0. The lowest BCUT2D eigenvalue weighted by Gasteiger charge is -2.35. The van der Waals surface area contributed by atoms with E-state index in [4.69, 9.17) is 11.6 Å². The number of anilines is 1. The number of aromatic nitrogens is 2. The Kier molecular flexibility index (Phi) is 7.98. The third-order valence-electron chi connectivity index (χ3n) is 7.26. The number of nitrogens with zero attached hydrogens (tertiary/aromatic N) is 4. The minimum atomic E-state index is -0.823. The van der Waals surface area contributed by atoms with E-state index in [1.165, 1.54) is 12.1 Å². The van der Waals surface area contributed by atoms with E-state index in [1.807, 2.05) is 17.9 Å². The Morgan fingerprint density at radius 3 is 2.67 bits per heavy atom. The number of nitrogens with one attached hydrogen (secondary N) is 1. The molecule has 3 heterocycles. The smallest absolute Gasteiger partial charge is 0.350 e. The first-order valence-corrected chi connectivity index (χ1v) is 14.3. The second-order valence-corrected chi connectivity index (χ2v) is 11.3. The highest BCUT2D eigenvalue weighted by molar-refractivity contribution is 7.99. The van der Waals surface area contributed by atoms with Crippen molar-refractivity contribution in [3.05, 3.63) is 63.6 Å². The van der Waals surface area contributed by atoms with Crippen molar-refractivity contribution < 1.29 is 13.6 Å². The average molecular weight is 574 g/mol. The van der Waals surface area contributed by atoms with Crippen molar-refractivity contribution in [2.24, 2.45) is 0 Å². The average Bonchev–Trinajstić information content (AvgIpc) is 3.12. The molecule has 1 aromatic heterocycles. The topological polar surface area (TPSA) is 70.5 Å². The summed E-state index contributed by atoms with van der Waals surface area (Å²) < 4.78 is 30.9. The van der Waals surface area contributed by atoms with Crippen LogP contribution in [0, 0.1) is 18.6 Å². The number of rotatable bonds is 6. The first kappa shape index (κ1) is 27.6. The molecule has 7 nitrogen and oxygen atoms in total. The molecule has 11 heteroatoms. The fourth-order valence-corrected chi connectivity index (χ4v) is 6.85. The highest BCUT2D eigenvalue weighted by Crippen LogP contribution is 2.44. The number of carbonyl (C=O) groups excluding carboxylic acids is 1. The van der Waals surface area contributed by atoms with Crippen LogP contribution < -0.4 is 15.9 Å². The van der Waals surface area contributed by atoms with Crippen LogP contribution in [-0.4, -0.2) is 64.9 Å². The Hall–Kier alpha value is -2.95. The molecule has 1 fully saturated rings. The molecule has 206 valence electrons. The number of hydrogen-bond acceptors (Lipinski definition) is 6. The molecule has 2 aromatic carbocycles. The van der Waals surface area contributed by atoms with Crippen LogP contribution in [0.3, 0.4) is 0 Å². The van der Waals surface area contributed by atoms with Crippen LogP contribution >= 0.6 is 23.4 Å². The maximum Gasteiger partial charge on any atom is 0.350 e. The first-order valence-electron chi connectivity index (χ1n) is 13.0. The lowest BCUT2D eigenvalue weighted by atomic mass is 9.97. The molecule has 39 heavy (non-hydrogen) atoms. The Morgan fingerprint density at radius 1 is 1.23 bits per heavy atom. The minimum Gasteiger partial charge on any atom is -0.352 e. The zero-order chi connectivity index (χ0) is 27.8. The third-order valence-corrected chi connectivity index (χ3v) is 8.80. The highest BCUT2D eigenvalue weighted by atomic mass is 35.5. The van der Waals surface area contributed by atoms with Crippen molar-refractivity contribution in [1.82, 2.24) is 19.8 Å². The number of thioether (sulfide) groups is 1. The molecule has 0 aliphatic carbocycles. The fourth-order valence-electron chi connectivity index (χ4n) is 5.32. The Labute approximate surface area is 234 Å². The van der Waals surface area contributed by atoms with E-state index in [0.717, 1.165) is 34.9 Å². The zero-order valence-electron chi connectivity index (χ0n) is 21.9. The van der Waals surface area contributed by atoms with Gasteiger partial charge in [-0.2, -0.15) is 4.98 Å². The van der Waals surface area contributed by atoms with Gasteiger partial charge in [-0.05, 0) is 43.7 Å². The summed E-state index contributed by atoms with van der Waals surface area (Å²) in [5.74, 6) is -0.464. The summed E-state index contributed by atoms with van der Waals surface area (Å²) in [6, 6.07) is 4.04. The number of piperazine rings is 1. The highest BCUT2D eigenvalue weighted by Gasteiger charge is 2.29. The van der Waals surface area contributed by atoms with E-state index in [-0.39, 0.29) is 28.2 Å². The number of aryl methyl sites for hydroxylation is 1. The van der Waals surface area contributed by atoms with E-state index in [9.17, 15) is 14.0 Å². The third kappa shape index (κ3) is 5.17. The Morgan fingerprint density at radius 2 is 1.97 bits per heavy atom. The van der Waals surface area contributed by atoms with Crippen molar-refractivity contribution in [1.29, 1.82) is 0 Å². The standard InChI is InChI=1S/C28H30ClF2N5O2S/c1-4-6-32-17-14-36-25-19(27(33-28(36)38)35-9-7-34(8-10-35)23(37)5-2)11-16(3)24(26(25)39-15-17)18-12-20(29)22(31)13-21(18)30/h5,11-13,17,32H,2,4,6-10,14-15H2,1,3H3. The molecule has 2 aliphatic rings. The number of carbonyl (C=O) groups is 1. The summed E-state index contributed by atoms with van der Waals surface area (Å²) in [6.07, 6.45) is 2.25. The predicted molar refractivity (Wildman–Crippen MR) is 153 cm³/mol. The summed E-state index contributed by atoms with van der Waals surface area (Å²) in [6.45, 7) is 10.7. The molecule has 0 saturated carbocycles. The maximum atomic E-state index is 15.2. The van der Waals surface area contributed by atoms with Gasteiger partial charge in [-0.25, -0.2) is 13.6 Å². The van der Waals surface area contributed by atoms with E-state index in [1.54, 1.807) is 21.2 Å². The summed E-state index contributed by atoms with van der Waals surface area (Å²) in [5.41, 5.74) is 1.84. The molecular formula is C28H30ClF2N5O2S. The van der Waals surface area contributed by atoms with Gasteiger partial charge in [-0.15, -0.1) is 11.8 Å². The zero-order valence-corrected chi connectivity index (χ0v) is 23.5. The maximum absolute atomic E-state index is 15.2. The molecule has 0 bridgehead atoms. The van der Waals surface area contributed by atoms with Crippen molar-refractivity contribution >= 4 is 46.0 Å².